The lowest BCUT2D eigenvalue weighted by atomic mass is 9.95. The van der Waals surface area contributed by atoms with Crippen LogP contribution in [0.5, 0.6) is 0 Å². The van der Waals surface area contributed by atoms with Crippen molar-refractivity contribution < 1.29 is 4.79 Å². The first kappa shape index (κ1) is 14.2. The van der Waals surface area contributed by atoms with Crippen molar-refractivity contribution >= 4 is 22.4 Å². The van der Waals surface area contributed by atoms with Gasteiger partial charge in [0.05, 0.1) is 10.6 Å². The Labute approximate surface area is 127 Å². The first-order chi connectivity index (χ1) is 10.2. The van der Waals surface area contributed by atoms with Crippen LogP contribution in [-0.4, -0.2) is 29.0 Å². The lowest BCUT2D eigenvalue weighted by Gasteiger charge is -2.22. The maximum absolute atomic E-state index is 11.1. The van der Waals surface area contributed by atoms with E-state index in [1.54, 1.807) is 6.20 Å². The van der Waals surface area contributed by atoms with Crippen LogP contribution in [0.4, 0.5) is 5.13 Å². The zero-order chi connectivity index (χ0) is 14.7. The second-order valence-electron chi connectivity index (χ2n) is 5.20. The number of hydrogen-bond acceptors (Lipinski definition) is 5. The van der Waals surface area contributed by atoms with Crippen LogP contribution in [0.1, 0.15) is 31.4 Å². The van der Waals surface area contributed by atoms with E-state index in [0.717, 1.165) is 29.4 Å². The Morgan fingerprint density at radius 1 is 1.48 bits per heavy atom. The van der Waals surface area contributed by atoms with E-state index in [1.165, 1.54) is 31.1 Å². The van der Waals surface area contributed by atoms with Crippen molar-refractivity contribution in [3.8, 4) is 10.6 Å². The molecule has 1 aliphatic heterocycles. The summed E-state index contributed by atoms with van der Waals surface area (Å²) in [6, 6.07) is 6.13. The molecule has 0 aromatic carbocycles. The number of thiazole rings is 1. The summed E-state index contributed by atoms with van der Waals surface area (Å²) >= 11 is 1.45. The summed E-state index contributed by atoms with van der Waals surface area (Å²) in [5.74, 6) is 0.382. The molecule has 0 aliphatic carbocycles. The highest BCUT2D eigenvalue weighted by molar-refractivity contribution is 7.19. The van der Waals surface area contributed by atoms with Crippen molar-refractivity contribution in [3.63, 3.8) is 0 Å². The third-order valence-electron chi connectivity index (χ3n) is 3.53. The number of carbonyl (C=O) groups is 1. The summed E-state index contributed by atoms with van der Waals surface area (Å²) in [7, 11) is 0. The monoisotopic (exact) mass is 302 g/mol. The largest absolute Gasteiger partial charge is 0.316 e. The van der Waals surface area contributed by atoms with Crippen LogP contribution in [-0.2, 0) is 4.79 Å². The molecular formula is C15H18N4OS. The zero-order valence-electron chi connectivity index (χ0n) is 11.9. The maximum atomic E-state index is 11.1. The quantitative estimate of drug-likeness (QED) is 0.914. The van der Waals surface area contributed by atoms with Gasteiger partial charge < -0.3 is 10.6 Å². The number of carbonyl (C=O) groups excluding carboxylic acids is 1. The minimum absolute atomic E-state index is 0.106. The number of pyridine rings is 1. The van der Waals surface area contributed by atoms with E-state index in [-0.39, 0.29) is 5.91 Å². The molecule has 110 valence electrons. The molecule has 21 heavy (non-hydrogen) atoms. The van der Waals surface area contributed by atoms with Crippen LogP contribution in [0.2, 0.25) is 0 Å². The number of rotatable bonds is 3. The lowest BCUT2D eigenvalue weighted by Crippen LogP contribution is -2.28. The number of aromatic nitrogens is 2. The van der Waals surface area contributed by atoms with Crippen molar-refractivity contribution in [2.75, 3.05) is 18.4 Å². The lowest BCUT2D eigenvalue weighted by molar-refractivity contribution is -0.114. The first-order valence-corrected chi connectivity index (χ1v) is 7.95. The van der Waals surface area contributed by atoms with Crippen molar-refractivity contribution in [2.24, 2.45) is 0 Å². The molecular weight excluding hydrogens is 284 g/mol. The van der Waals surface area contributed by atoms with Crippen molar-refractivity contribution in [2.45, 2.75) is 25.7 Å². The number of nitrogens with zero attached hydrogens (tertiary/aromatic N) is 2. The Balaban J connectivity index is 1.81. The molecule has 1 fully saturated rings. The molecule has 3 rings (SSSR count). The summed E-state index contributed by atoms with van der Waals surface area (Å²) in [4.78, 5) is 21.0. The van der Waals surface area contributed by atoms with Gasteiger partial charge in [0.2, 0.25) is 5.91 Å². The summed E-state index contributed by atoms with van der Waals surface area (Å²) < 4.78 is 0. The van der Waals surface area contributed by atoms with Crippen LogP contribution in [0.25, 0.3) is 10.6 Å². The van der Waals surface area contributed by atoms with Crippen LogP contribution in [0.3, 0.4) is 0 Å². The second kappa shape index (κ2) is 6.32. The predicted octanol–water partition coefficient (Wildman–Crippen LogP) is 2.63. The van der Waals surface area contributed by atoms with Crippen LogP contribution in [0, 0.1) is 0 Å². The molecule has 2 aromatic heterocycles. The number of piperidine rings is 1. The minimum atomic E-state index is -0.106. The number of nitrogens with one attached hydrogen (secondary N) is 2. The van der Waals surface area contributed by atoms with Gasteiger partial charge in [-0.05, 0) is 31.5 Å². The highest BCUT2D eigenvalue weighted by Crippen LogP contribution is 2.29. The molecule has 1 atom stereocenters. The Hall–Kier alpha value is -1.79. The molecule has 1 amide bonds. The van der Waals surface area contributed by atoms with Gasteiger partial charge in [0.1, 0.15) is 0 Å². The molecule has 0 saturated carbocycles. The van der Waals surface area contributed by atoms with Gasteiger partial charge >= 0.3 is 0 Å². The van der Waals surface area contributed by atoms with Crippen molar-refractivity contribution in [1.29, 1.82) is 0 Å². The van der Waals surface area contributed by atoms with Gasteiger partial charge in [-0.2, -0.15) is 0 Å². The highest BCUT2D eigenvalue weighted by Gasteiger charge is 2.17. The van der Waals surface area contributed by atoms with E-state index in [2.05, 4.69) is 21.7 Å². The molecule has 0 spiro atoms. The van der Waals surface area contributed by atoms with E-state index >= 15 is 0 Å². The van der Waals surface area contributed by atoms with E-state index in [4.69, 9.17) is 4.98 Å². The summed E-state index contributed by atoms with van der Waals surface area (Å²) in [6.07, 6.45) is 4.15. The predicted molar refractivity (Wildman–Crippen MR) is 84.5 cm³/mol. The molecule has 1 saturated heterocycles. The Morgan fingerprint density at radius 2 is 2.38 bits per heavy atom. The third kappa shape index (κ3) is 3.46. The standard InChI is InChI=1S/C15H18N4OS/c1-10(20)18-15-17-9-14(21-15)13-6-2-5-12(19-13)11-4-3-7-16-8-11/h2,5-6,9,11,16H,3-4,7-8H2,1H3,(H,17,18,20). The van der Waals surface area contributed by atoms with Gasteiger partial charge in [-0.3, -0.25) is 9.78 Å². The summed E-state index contributed by atoms with van der Waals surface area (Å²) in [6.45, 7) is 3.58. The maximum Gasteiger partial charge on any atom is 0.223 e. The van der Waals surface area contributed by atoms with Crippen molar-refractivity contribution in [1.82, 2.24) is 15.3 Å². The summed E-state index contributed by atoms with van der Waals surface area (Å²) in [5.41, 5.74) is 2.06. The van der Waals surface area contributed by atoms with E-state index in [9.17, 15) is 4.79 Å². The van der Waals surface area contributed by atoms with Crippen molar-refractivity contribution in [3.05, 3.63) is 30.1 Å². The first-order valence-electron chi connectivity index (χ1n) is 7.14. The molecule has 5 nitrogen and oxygen atoms in total. The Bertz CT molecular complexity index is 634. The molecule has 1 unspecified atom stereocenters. The number of hydrogen-bond donors (Lipinski definition) is 2. The highest BCUT2D eigenvalue weighted by atomic mass is 32.1. The topological polar surface area (TPSA) is 66.9 Å². The van der Waals surface area contributed by atoms with Gasteiger partial charge in [-0.25, -0.2) is 4.98 Å². The van der Waals surface area contributed by atoms with E-state index in [1.807, 2.05) is 12.1 Å². The van der Waals surface area contributed by atoms with Gasteiger partial charge in [-0.1, -0.05) is 17.4 Å². The minimum Gasteiger partial charge on any atom is -0.316 e. The van der Waals surface area contributed by atoms with Gasteiger partial charge in [0.15, 0.2) is 5.13 Å². The smallest absolute Gasteiger partial charge is 0.223 e. The molecule has 6 heteroatoms. The Kier molecular flexibility index (Phi) is 4.26. The SMILES string of the molecule is CC(=O)Nc1ncc(-c2cccc(C3CCCNC3)n2)s1. The van der Waals surface area contributed by atoms with E-state index < -0.39 is 0 Å². The fourth-order valence-corrected chi connectivity index (χ4v) is 3.35. The van der Waals surface area contributed by atoms with Gasteiger partial charge in [-0.15, -0.1) is 0 Å². The van der Waals surface area contributed by atoms with Crippen LogP contribution in [0.15, 0.2) is 24.4 Å². The zero-order valence-corrected chi connectivity index (χ0v) is 12.7. The average Bonchev–Trinajstić information content (AvgIpc) is 2.96. The van der Waals surface area contributed by atoms with Gasteiger partial charge in [0, 0.05) is 31.3 Å². The fourth-order valence-electron chi connectivity index (χ4n) is 2.52. The average molecular weight is 302 g/mol. The van der Waals surface area contributed by atoms with Crippen LogP contribution < -0.4 is 10.6 Å². The van der Waals surface area contributed by atoms with E-state index in [0.29, 0.717) is 11.0 Å². The fraction of sp³-hybridized carbons (Fsp3) is 0.400. The van der Waals surface area contributed by atoms with Gasteiger partial charge in [0.25, 0.3) is 0 Å². The normalized spacial score (nSPS) is 18.4. The molecule has 1 aliphatic rings. The summed E-state index contributed by atoms with van der Waals surface area (Å²) in [5, 5.41) is 6.74. The Morgan fingerprint density at radius 3 is 3.14 bits per heavy atom. The molecule has 2 aromatic rings. The number of amides is 1. The van der Waals surface area contributed by atoms with Crippen LogP contribution >= 0.6 is 11.3 Å². The number of anilines is 1. The third-order valence-corrected chi connectivity index (χ3v) is 4.46. The molecule has 0 radical (unpaired) electrons. The molecule has 0 bridgehead atoms. The second-order valence-corrected chi connectivity index (χ2v) is 6.23. The molecule has 3 heterocycles. The molecule has 2 N–H and O–H groups in total.